The van der Waals surface area contributed by atoms with Crippen molar-refractivity contribution in [3.8, 4) is 11.1 Å². The fourth-order valence-corrected chi connectivity index (χ4v) is 5.01. The number of carbonyl (C=O) groups is 3. The number of carboxylic acids is 1. The molecule has 0 heterocycles. The van der Waals surface area contributed by atoms with Gasteiger partial charge in [-0.1, -0.05) is 75.7 Å². The molecule has 2 aliphatic carbocycles. The third-order valence-electron chi connectivity index (χ3n) is 6.95. The Balaban J connectivity index is 1.43. The van der Waals surface area contributed by atoms with Gasteiger partial charge >= 0.3 is 12.1 Å². The molecule has 2 aliphatic rings. The smallest absolute Gasteiger partial charge is 0.407 e. The van der Waals surface area contributed by atoms with E-state index in [9.17, 15) is 19.5 Å². The second-order valence-electron chi connectivity index (χ2n) is 10.8. The third kappa shape index (κ3) is 5.66. The van der Waals surface area contributed by atoms with Crippen molar-refractivity contribution in [3.63, 3.8) is 0 Å². The van der Waals surface area contributed by atoms with Gasteiger partial charge in [0.15, 0.2) is 0 Å². The van der Waals surface area contributed by atoms with E-state index in [1.54, 1.807) is 0 Å². The summed E-state index contributed by atoms with van der Waals surface area (Å²) in [6.45, 7) is 6.04. The molecule has 0 spiro atoms. The number of hydrogen-bond donors (Lipinski definition) is 3. The van der Waals surface area contributed by atoms with E-state index in [1.807, 2.05) is 57.2 Å². The summed E-state index contributed by atoms with van der Waals surface area (Å²) in [4.78, 5) is 37.6. The summed E-state index contributed by atoms with van der Waals surface area (Å²) in [6, 6.07) is 14.3. The summed E-state index contributed by atoms with van der Waals surface area (Å²) in [7, 11) is 0. The summed E-state index contributed by atoms with van der Waals surface area (Å²) < 4.78 is 5.62. The lowest BCUT2D eigenvalue weighted by Gasteiger charge is -2.33. The van der Waals surface area contributed by atoms with Crippen molar-refractivity contribution in [1.29, 1.82) is 0 Å². The van der Waals surface area contributed by atoms with Crippen LogP contribution in [0.15, 0.2) is 48.5 Å². The Bertz CT molecular complexity index is 1060. The molecule has 2 aromatic carbocycles. The molecule has 186 valence electrons. The minimum Gasteiger partial charge on any atom is -0.480 e. The van der Waals surface area contributed by atoms with Crippen LogP contribution >= 0.6 is 0 Å². The number of fused-ring (bicyclic) bond motifs is 3. The van der Waals surface area contributed by atoms with Crippen LogP contribution in [0.1, 0.15) is 63.5 Å². The summed E-state index contributed by atoms with van der Waals surface area (Å²) in [5.74, 6) is -1.69. The number of alkyl carbamates (subject to hydrolysis) is 1. The molecule has 2 atom stereocenters. The van der Waals surface area contributed by atoms with Crippen LogP contribution in [0.4, 0.5) is 4.79 Å². The number of amides is 2. The van der Waals surface area contributed by atoms with Gasteiger partial charge < -0.3 is 20.5 Å². The highest BCUT2D eigenvalue weighted by atomic mass is 16.5. The van der Waals surface area contributed by atoms with E-state index in [2.05, 4.69) is 22.8 Å². The van der Waals surface area contributed by atoms with Gasteiger partial charge in [0.25, 0.3) is 0 Å². The van der Waals surface area contributed by atoms with Crippen molar-refractivity contribution >= 4 is 18.0 Å². The first-order valence-electron chi connectivity index (χ1n) is 12.3. The molecule has 0 saturated heterocycles. The molecule has 0 aliphatic heterocycles. The van der Waals surface area contributed by atoms with E-state index in [0.29, 0.717) is 6.42 Å². The molecule has 2 amide bonds. The minimum absolute atomic E-state index is 0.0683. The fourth-order valence-electron chi connectivity index (χ4n) is 5.01. The number of carbonyl (C=O) groups excluding carboxylic acids is 2. The van der Waals surface area contributed by atoms with Gasteiger partial charge in [-0.3, -0.25) is 4.79 Å². The highest BCUT2D eigenvalue weighted by molar-refractivity contribution is 5.89. The van der Waals surface area contributed by atoms with Gasteiger partial charge in [0, 0.05) is 5.92 Å². The molecule has 4 rings (SSSR count). The number of nitrogens with one attached hydrogen (secondary N) is 2. The Morgan fingerprint density at radius 2 is 1.54 bits per heavy atom. The molecule has 1 saturated carbocycles. The number of carboxylic acid groups (broad SMARTS) is 1. The molecule has 0 bridgehead atoms. The zero-order valence-electron chi connectivity index (χ0n) is 20.5. The molecule has 2 aromatic rings. The fraction of sp³-hybridized carbons (Fsp3) is 0.464. The van der Waals surface area contributed by atoms with Crippen LogP contribution in [0.3, 0.4) is 0 Å². The SMILES string of the molecule is CC(C)(C)CC(NC(=O)OCC1c2ccccc2-c2ccccc21)C(=O)NC(C(=O)O)C1CCC1. The number of benzene rings is 2. The third-order valence-corrected chi connectivity index (χ3v) is 6.95. The highest BCUT2D eigenvalue weighted by Crippen LogP contribution is 2.44. The second-order valence-corrected chi connectivity index (χ2v) is 10.8. The Kier molecular flexibility index (Phi) is 7.15. The first-order chi connectivity index (χ1) is 16.6. The summed E-state index contributed by atoms with van der Waals surface area (Å²) in [5, 5.41) is 15.0. The lowest BCUT2D eigenvalue weighted by atomic mass is 9.79. The Hall–Kier alpha value is -3.35. The van der Waals surface area contributed by atoms with E-state index in [0.717, 1.165) is 41.5 Å². The van der Waals surface area contributed by atoms with E-state index < -0.39 is 30.1 Å². The van der Waals surface area contributed by atoms with Gasteiger partial charge in [-0.25, -0.2) is 9.59 Å². The molecule has 7 nitrogen and oxygen atoms in total. The Morgan fingerprint density at radius 3 is 2.03 bits per heavy atom. The maximum absolute atomic E-state index is 13.1. The van der Waals surface area contributed by atoms with Crippen molar-refractivity contribution in [2.45, 2.75) is 64.5 Å². The van der Waals surface area contributed by atoms with Crippen LogP contribution in [0.5, 0.6) is 0 Å². The molecule has 0 aromatic heterocycles. The number of ether oxygens (including phenoxy) is 1. The molecule has 1 fully saturated rings. The summed E-state index contributed by atoms with van der Waals surface area (Å²) in [5.41, 5.74) is 4.22. The molecule has 3 N–H and O–H groups in total. The van der Waals surface area contributed by atoms with Gasteiger partial charge in [-0.15, -0.1) is 0 Å². The number of aliphatic carboxylic acids is 1. The van der Waals surface area contributed by atoms with Crippen LogP contribution in [0, 0.1) is 11.3 Å². The Labute approximate surface area is 206 Å². The van der Waals surface area contributed by atoms with Crippen LogP contribution in [-0.2, 0) is 14.3 Å². The van der Waals surface area contributed by atoms with Crippen LogP contribution in [0.25, 0.3) is 11.1 Å². The minimum atomic E-state index is -1.04. The summed E-state index contributed by atoms with van der Waals surface area (Å²) >= 11 is 0. The van der Waals surface area contributed by atoms with Crippen LogP contribution in [0.2, 0.25) is 0 Å². The van der Waals surface area contributed by atoms with E-state index in [-0.39, 0.29) is 23.9 Å². The molecular formula is C28H34N2O5. The first kappa shape index (κ1) is 24.8. The lowest BCUT2D eigenvalue weighted by Crippen LogP contribution is -2.55. The lowest BCUT2D eigenvalue weighted by molar-refractivity contribution is -0.144. The topological polar surface area (TPSA) is 105 Å². The molecular weight excluding hydrogens is 444 g/mol. The Morgan fingerprint density at radius 1 is 0.971 bits per heavy atom. The number of rotatable bonds is 8. The molecule has 35 heavy (non-hydrogen) atoms. The van der Waals surface area contributed by atoms with Gasteiger partial charge in [0.05, 0.1) is 0 Å². The summed E-state index contributed by atoms with van der Waals surface area (Å²) in [6.07, 6.45) is 2.18. The zero-order chi connectivity index (χ0) is 25.2. The second kappa shape index (κ2) is 10.1. The average molecular weight is 479 g/mol. The first-order valence-corrected chi connectivity index (χ1v) is 12.3. The van der Waals surface area contributed by atoms with Gasteiger partial charge in [0.1, 0.15) is 18.7 Å². The number of hydrogen-bond acceptors (Lipinski definition) is 4. The largest absolute Gasteiger partial charge is 0.480 e. The van der Waals surface area contributed by atoms with E-state index in [4.69, 9.17) is 4.74 Å². The van der Waals surface area contributed by atoms with Gasteiger partial charge in [0.2, 0.25) is 5.91 Å². The van der Waals surface area contributed by atoms with Gasteiger partial charge in [-0.2, -0.15) is 0 Å². The normalized spacial score (nSPS) is 16.9. The van der Waals surface area contributed by atoms with E-state index >= 15 is 0 Å². The van der Waals surface area contributed by atoms with Crippen molar-refractivity contribution < 1.29 is 24.2 Å². The van der Waals surface area contributed by atoms with Crippen LogP contribution in [-0.4, -0.2) is 41.8 Å². The van der Waals surface area contributed by atoms with Crippen molar-refractivity contribution in [3.05, 3.63) is 59.7 Å². The predicted molar refractivity (Wildman–Crippen MR) is 133 cm³/mol. The zero-order valence-corrected chi connectivity index (χ0v) is 20.5. The molecule has 2 unspecified atom stereocenters. The highest BCUT2D eigenvalue weighted by Gasteiger charge is 2.37. The van der Waals surface area contributed by atoms with E-state index in [1.165, 1.54) is 0 Å². The van der Waals surface area contributed by atoms with Crippen molar-refractivity contribution in [2.24, 2.45) is 11.3 Å². The van der Waals surface area contributed by atoms with Crippen molar-refractivity contribution in [2.75, 3.05) is 6.61 Å². The van der Waals surface area contributed by atoms with Gasteiger partial charge in [-0.05, 0) is 52.8 Å². The predicted octanol–water partition coefficient (Wildman–Crippen LogP) is 4.70. The monoisotopic (exact) mass is 478 g/mol. The quantitative estimate of drug-likeness (QED) is 0.510. The van der Waals surface area contributed by atoms with Crippen LogP contribution < -0.4 is 10.6 Å². The average Bonchev–Trinajstić information content (AvgIpc) is 3.08. The standard InChI is InChI=1S/C28H34N2O5/c1-28(2,3)15-23(25(31)30-24(26(32)33)17-9-8-10-17)29-27(34)35-16-22-20-13-6-4-11-18(20)19-12-5-7-14-21(19)22/h4-7,11-14,17,22-24H,8-10,15-16H2,1-3H3,(H,29,34)(H,30,31)(H,32,33). The maximum Gasteiger partial charge on any atom is 0.407 e. The van der Waals surface area contributed by atoms with Crippen molar-refractivity contribution in [1.82, 2.24) is 10.6 Å². The maximum atomic E-state index is 13.1. The molecule has 7 heteroatoms. The molecule has 0 radical (unpaired) electrons.